The molecular formula is C6H12ClNO3S. The molecule has 1 amide bonds. The zero-order valence-corrected chi connectivity index (χ0v) is 8.65. The molecule has 0 aliphatic heterocycles. The maximum Gasteiger partial charge on any atom is 0.235 e. The summed E-state index contributed by atoms with van der Waals surface area (Å²) in [4.78, 5) is 11.0. The number of sulfonamides is 1. The summed E-state index contributed by atoms with van der Waals surface area (Å²) in [6, 6.07) is 0. The summed E-state index contributed by atoms with van der Waals surface area (Å²) < 4.78 is 22.7. The molecule has 0 bridgehead atoms. The molecule has 0 spiro atoms. The Labute approximate surface area is 77.5 Å². The lowest BCUT2D eigenvalue weighted by atomic mass is 10.4. The van der Waals surface area contributed by atoms with Gasteiger partial charge in [-0.1, -0.05) is 6.92 Å². The molecule has 6 heteroatoms. The van der Waals surface area contributed by atoms with Crippen molar-refractivity contribution in [2.75, 3.05) is 18.7 Å². The Morgan fingerprint density at radius 1 is 1.50 bits per heavy atom. The maximum atomic E-state index is 11.0. The summed E-state index contributed by atoms with van der Waals surface area (Å²) in [6.07, 6.45) is 1.16. The Kier molecular flexibility index (Phi) is 4.55. The average Bonchev–Trinajstić information content (AvgIpc) is 1.96. The highest BCUT2D eigenvalue weighted by Gasteiger charge is 2.20. The lowest BCUT2D eigenvalue weighted by Crippen LogP contribution is -2.36. The van der Waals surface area contributed by atoms with E-state index in [2.05, 4.69) is 0 Å². The number of hydrogen-bond donors (Lipinski definition) is 0. The first-order chi connectivity index (χ1) is 5.43. The molecule has 72 valence electrons. The highest BCUT2D eigenvalue weighted by Crippen LogP contribution is 2.01. The molecular weight excluding hydrogens is 202 g/mol. The first-order valence-electron chi connectivity index (χ1n) is 3.50. The Hall–Kier alpha value is -0.290. The summed E-state index contributed by atoms with van der Waals surface area (Å²) >= 11 is 5.35. The number of halogens is 1. The first-order valence-corrected chi connectivity index (χ1v) is 5.88. The van der Waals surface area contributed by atoms with Gasteiger partial charge in [0.05, 0.1) is 12.8 Å². The van der Waals surface area contributed by atoms with E-state index in [1.54, 1.807) is 6.92 Å². The first kappa shape index (κ1) is 11.7. The van der Waals surface area contributed by atoms with Crippen molar-refractivity contribution in [3.8, 4) is 0 Å². The van der Waals surface area contributed by atoms with Gasteiger partial charge >= 0.3 is 0 Å². The summed E-state index contributed by atoms with van der Waals surface area (Å²) in [6.45, 7) is 1.65. The molecule has 0 radical (unpaired) electrons. The second-order valence-electron chi connectivity index (χ2n) is 2.27. The van der Waals surface area contributed by atoms with Crippen LogP contribution in [0.5, 0.6) is 0 Å². The predicted molar refractivity (Wildman–Crippen MR) is 47.6 cm³/mol. The van der Waals surface area contributed by atoms with Crippen molar-refractivity contribution in [3.63, 3.8) is 0 Å². The Balaban J connectivity index is 4.56. The predicted octanol–water partition coefficient (Wildman–Crippen LogP) is 0.423. The standard InChI is InChI=1S/C6H12ClNO3S/c1-3-6(9)8(5-4-7)12(2,10)11/h3-5H2,1-2H3. The number of amides is 1. The quantitative estimate of drug-likeness (QED) is 0.637. The van der Waals surface area contributed by atoms with Crippen LogP contribution in [0.2, 0.25) is 0 Å². The van der Waals surface area contributed by atoms with E-state index in [-0.39, 0.29) is 18.8 Å². The van der Waals surface area contributed by atoms with Crippen LogP contribution in [0.15, 0.2) is 0 Å². The van der Waals surface area contributed by atoms with Gasteiger partial charge in [0.2, 0.25) is 15.9 Å². The minimum atomic E-state index is -3.44. The molecule has 0 aromatic rings. The molecule has 0 aliphatic carbocycles. The number of rotatable bonds is 4. The van der Waals surface area contributed by atoms with Crippen LogP contribution in [0.25, 0.3) is 0 Å². The van der Waals surface area contributed by atoms with E-state index >= 15 is 0 Å². The Bertz CT molecular complexity index is 250. The van der Waals surface area contributed by atoms with Crippen molar-refractivity contribution >= 4 is 27.5 Å². The lowest BCUT2D eigenvalue weighted by Gasteiger charge is -2.17. The average molecular weight is 214 g/mol. The molecule has 0 rings (SSSR count). The second kappa shape index (κ2) is 4.67. The monoisotopic (exact) mass is 213 g/mol. The third-order valence-corrected chi connectivity index (χ3v) is 2.62. The SMILES string of the molecule is CCC(=O)N(CCCl)S(C)(=O)=O. The molecule has 0 N–H and O–H groups in total. The van der Waals surface area contributed by atoms with E-state index in [1.165, 1.54) is 0 Å². The van der Waals surface area contributed by atoms with Crippen molar-refractivity contribution < 1.29 is 13.2 Å². The van der Waals surface area contributed by atoms with Crippen LogP contribution in [0.3, 0.4) is 0 Å². The van der Waals surface area contributed by atoms with Gasteiger partial charge in [-0.15, -0.1) is 11.6 Å². The molecule has 0 aliphatic rings. The van der Waals surface area contributed by atoms with Gasteiger partial charge < -0.3 is 0 Å². The van der Waals surface area contributed by atoms with Gasteiger partial charge in [-0.3, -0.25) is 4.79 Å². The van der Waals surface area contributed by atoms with Gasteiger partial charge in [0, 0.05) is 12.3 Å². The molecule has 12 heavy (non-hydrogen) atoms. The highest BCUT2D eigenvalue weighted by atomic mass is 35.5. The number of carbonyl (C=O) groups is 1. The second-order valence-corrected chi connectivity index (χ2v) is 4.56. The van der Waals surface area contributed by atoms with Crippen LogP contribution in [-0.2, 0) is 14.8 Å². The summed E-state index contributed by atoms with van der Waals surface area (Å²) in [7, 11) is -3.44. The van der Waals surface area contributed by atoms with Crippen molar-refractivity contribution in [2.45, 2.75) is 13.3 Å². The number of nitrogens with zero attached hydrogens (tertiary/aromatic N) is 1. The van der Waals surface area contributed by atoms with Crippen molar-refractivity contribution in [3.05, 3.63) is 0 Å². The minimum Gasteiger partial charge on any atom is -0.274 e. The largest absolute Gasteiger partial charge is 0.274 e. The van der Waals surface area contributed by atoms with Gasteiger partial charge in [-0.25, -0.2) is 12.7 Å². The normalized spacial score (nSPS) is 11.2. The fourth-order valence-electron chi connectivity index (χ4n) is 0.729. The van der Waals surface area contributed by atoms with Crippen LogP contribution in [0.4, 0.5) is 0 Å². The third kappa shape index (κ3) is 3.40. The van der Waals surface area contributed by atoms with Crippen LogP contribution >= 0.6 is 11.6 Å². The highest BCUT2D eigenvalue weighted by molar-refractivity contribution is 7.88. The van der Waals surface area contributed by atoms with Gasteiger partial charge in [-0.05, 0) is 0 Å². The van der Waals surface area contributed by atoms with Crippen LogP contribution in [-0.4, -0.2) is 37.3 Å². The van der Waals surface area contributed by atoms with E-state index in [4.69, 9.17) is 11.6 Å². The van der Waals surface area contributed by atoms with E-state index in [1.807, 2.05) is 0 Å². The number of carbonyl (C=O) groups excluding carboxylic acids is 1. The molecule has 0 heterocycles. The van der Waals surface area contributed by atoms with E-state index in [0.717, 1.165) is 10.6 Å². The molecule has 4 nitrogen and oxygen atoms in total. The smallest absolute Gasteiger partial charge is 0.235 e. The minimum absolute atomic E-state index is 0.0487. The third-order valence-electron chi connectivity index (χ3n) is 1.27. The van der Waals surface area contributed by atoms with Gasteiger partial charge in [-0.2, -0.15) is 0 Å². The van der Waals surface area contributed by atoms with E-state index in [0.29, 0.717) is 0 Å². The molecule has 0 aromatic carbocycles. The maximum absolute atomic E-state index is 11.0. The van der Waals surface area contributed by atoms with Crippen molar-refractivity contribution in [1.29, 1.82) is 0 Å². The van der Waals surface area contributed by atoms with Crippen molar-refractivity contribution in [2.24, 2.45) is 0 Å². The molecule has 0 saturated heterocycles. The summed E-state index contributed by atoms with van der Waals surface area (Å²) in [5, 5.41) is 0. The molecule has 0 atom stereocenters. The van der Waals surface area contributed by atoms with Gasteiger partial charge in [0.25, 0.3) is 0 Å². The zero-order valence-electron chi connectivity index (χ0n) is 7.08. The summed E-state index contributed by atoms with van der Waals surface area (Å²) in [5.74, 6) is -0.295. The zero-order chi connectivity index (χ0) is 9.78. The van der Waals surface area contributed by atoms with E-state index in [9.17, 15) is 13.2 Å². The van der Waals surface area contributed by atoms with Gasteiger partial charge in [0.1, 0.15) is 0 Å². The van der Waals surface area contributed by atoms with E-state index < -0.39 is 15.9 Å². The number of alkyl halides is 1. The van der Waals surface area contributed by atoms with Crippen LogP contribution in [0.1, 0.15) is 13.3 Å². The Morgan fingerprint density at radius 2 is 2.00 bits per heavy atom. The van der Waals surface area contributed by atoms with Crippen LogP contribution in [0, 0.1) is 0 Å². The molecule has 0 aromatic heterocycles. The fraction of sp³-hybridized carbons (Fsp3) is 0.833. The topological polar surface area (TPSA) is 54.5 Å². The molecule has 0 fully saturated rings. The van der Waals surface area contributed by atoms with Crippen LogP contribution < -0.4 is 0 Å². The fourth-order valence-corrected chi connectivity index (χ4v) is 1.92. The lowest BCUT2D eigenvalue weighted by molar-refractivity contribution is -0.125. The molecule has 0 saturated carbocycles. The van der Waals surface area contributed by atoms with Gasteiger partial charge in [0.15, 0.2) is 0 Å². The Morgan fingerprint density at radius 3 is 2.25 bits per heavy atom. The van der Waals surface area contributed by atoms with Crippen molar-refractivity contribution in [1.82, 2.24) is 4.31 Å². The number of hydrogen-bond acceptors (Lipinski definition) is 3. The molecule has 0 unspecified atom stereocenters. The summed E-state index contributed by atoms with van der Waals surface area (Å²) in [5.41, 5.74) is 0.